The Bertz CT molecular complexity index is 462. The second kappa shape index (κ2) is 7.32. The van der Waals surface area contributed by atoms with Crippen molar-refractivity contribution in [1.29, 1.82) is 0 Å². The summed E-state index contributed by atoms with van der Waals surface area (Å²) in [6.07, 6.45) is 0.965. The van der Waals surface area contributed by atoms with Crippen molar-refractivity contribution in [2.24, 2.45) is 5.73 Å². The number of nitrogens with one attached hydrogen (secondary N) is 1. The van der Waals surface area contributed by atoms with Gasteiger partial charge >= 0.3 is 0 Å². The fourth-order valence-corrected chi connectivity index (χ4v) is 1.59. The van der Waals surface area contributed by atoms with Gasteiger partial charge in [0.05, 0.1) is 18.1 Å². The topological polar surface area (TPSA) is 107 Å². The van der Waals surface area contributed by atoms with E-state index in [0.29, 0.717) is 31.7 Å². The first-order chi connectivity index (χ1) is 9.02. The van der Waals surface area contributed by atoms with E-state index >= 15 is 0 Å². The Labute approximate surface area is 110 Å². The molecule has 7 nitrogen and oxygen atoms in total. The lowest BCUT2D eigenvalue weighted by atomic mass is 10.2. The number of non-ortho nitro benzene ring substituents is 1. The summed E-state index contributed by atoms with van der Waals surface area (Å²) in [6, 6.07) is 4.59. The molecule has 0 saturated heterocycles. The van der Waals surface area contributed by atoms with Crippen molar-refractivity contribution >= 4 is 11.6 Å². The van der Waals surface area contributed by atoms with Crippen LogP contribution in [0.2, 0.25) is 0 Å². The summed E-state index contributed by atoms with van der Waals surface area (Å²) in [5.74, 6) is 0.113. The minimum atomic E-state index is -0.459. The van der Waals surface area contributed by atoms with Crippen LogP contribution >= 0.6 is 0 Å². The molecule has 0 bridgehead atoms. The molecule has 0 aliphatic carbocycles. The number of nitro groups is 1. The van der Waals surface area contributed by atoms with E-state index < -0.39 is 4.92 Å². The van der Waals surface area contributed by atoms with Gasteiger partial charge in [-0.15, -0.1) is 0 Å². The number of methoxy groups -OCH3 is 1. The van der Waals surface area contributed by atoms with E-state index in [4.69, 9.17) is 10.5 Å². The zero-order chi connectivity index (χ0) is 14.3. The first kappa shape index (κ1) is 14.9. The summed E-state index contributed by atoms with van der Waals surface area (Å²) >= 11 is 0. The van der Waals surface area contributed by atoms with Gasteiger partial charge in [0.2, 0.25) is 5.91 Å². The maximum Gasteiger partial charge on any atom is 0.273 e. The summed E-state index contributed by atoms with van der Waals surface area (Å²) < 4.78 is 5.01. The molecule has 0 unspecified atom stereocenters. The van der Waals surface area contributed by atoms with Gasteiger partial charge in [-0.1, -0.05) is 0 Å². The number of nitrogens with two attached hydrogens (primary N) is 1. The third-order valence-corrected chi connectivity index (χ3v) is 2.50. The normalized spacial score (nSPS) is 10.2. The van der Waals surface area contributed by atoms with Crippen LogP contribution in [0.15, 0.2) is 18.2 Å². The van der Waals surface area contributed by atoms with Gasteiger partial charge in [-0.25, -0.2) is 0 Å². The minimum Gasteiger partial charge on any atom is -0.496 e. The van der Waals surface area contributed by atoms with Crippen molar-refractivity contribution in [3.63, 3.8) is 0 Å². The fourth-order valence-electron chi connectivity index (χ4n) is 1.59. The van der Waals surface area contributed by atoms with Gasteiger partial charge in [-0.05, 0) is 24.6 Å². The highest BCUT2D eigenvalue weighted by atomic mass is 16.6. The second-order valence-corrected chi connectivity index (χ2v) is 4.04. The van der Waals surface area contributed by atoms with Gasteiger partial charge in [0, 0.05) is 19.0 Å². The number of carbonyl (C=O) groups is 1. The van der Waals surface area contributed by atoms with Crippen LogP contribution in [0.4, 0.5) is 5.69 Å². The van der Waals surface area contributed by atoms with Gasteiger partial charge in [0.1, 0.15) is 5.75 Å². The highest BCUT2D eigenvalue weighted by Crippen LogP contribution is 2.22. The lowest BCUT2D eigenvalue weighted by molar-refractivity contribution is -0.385. The molecule has 19 heavy (non-hydrogen) atoms. The molecule has 0 atom stereocenters. The van der Waals surface area contributed by atoms with Crippen LogP contribution in [0.5, 0.6) is 5.75 Å². The van der Waals surface area contributed by atoms with E-state index in [0.717, 1.165) is 5.56 Å². The van der Waals surface area contributed by atoms with E-state index in [9.17, 15) is 14.9 Å². The number of hydrogen-bond acceptors (Lipinski definition) is 5. The monoisotopic (exact) mass is 267 g/mol. The Kier molecular flexibility index (Phi) is 5.74. The average molecular weight is 267 g/mol. The molecule has 104 valence electrons. The summed E-state index contributed by atoms with van der Waals surface area (Å²) in [5.41, 5.74) is 5.77. The lowest BCUT2D eigenvalue weighted by Crippen LogP contribution is -2.18. The number of carbonyl (C=O) groups excluding carboxylic acids is 1. The Morgan fingerprint density at radius 1 is 1.47 bits per heavy atom. The highest BCUT2D eigenvalue weighted by Gasteiger charge is 2.09. The van der Waals surface area contributed by atoms with E-state index in [1.807, 2.05) is 0 Å². The van der Waals surface area contributed by atoms with Crippen molar-refractivity contribution in [2.45, 2.75) is 19.4 Å². The van der Waals surface area contributed by atoms with Gasteiger partial charge < -0.3 is 15.8 Å². The van der Waals surface area contributed by atoms with E-state index in [-0.39, 0.29) is 11.6 Å². The Morgan fingerprint density at radius 3 is 2.79 bits per heavy atom. The molecule has 1 rings (SSSR count). The number of primary amides is 1. The molecule has 0 radical (unpaired) electrons. The number of ether oxygens (including phenoxy) is 1. The quantitative estimate of drug-likeness (QED) is 0.414. The van der Waals surface area contributed by atoms with Crippen molar-refractivity contribution < 1.29 is 14.5 Å². The zero-order valence-electron chi connectivity index (χ0n) is 10.7. The third kappa shape index (κ3) is 5.35. The average Bonchev–Trinajstić information content (AvgIpc) is 2.37. The van der Waals surface area contributed by atoms with Crippen molar-refractivity contribution in [2.75, 3.05) is 13.7 Å². The van der Waals surface area contributed by atoms with Gasteiger partial charge in [-0.2, -0.15) is 0 Å². The Morgan fingerprint density at radius 2 is 2.21 bits per heavy atom. The molecule has 0 aliphatic heterocycles. The molecule has 0 aliphatic rings. The van der Waals surface area contributed by atoms with E-state index in [1.54, 1.807) is 6.07 Å². The minimum absolute atomic E-state index is 0.00622. The number of nitrogens with zero attached hydrogens (tertiary/aromatic N) is 1. The largest absolute Gasteiger partial charge is 0.496 e. The van der Waals surface area contributed by atoms with Crippen LogP contribution in [0.25, 0.3) is 0 Å². The first-order valence-corrected chi connectivity index (χ1v) is 5.84. The van der Waals surface area contributed by atoms with Crippen molar-refractivity contribution in [3.05, 3.63) is 33.9 Å². The number of rotatable bonds is 8. The first-order valence-electron chi connectivity index (χ1n) is 5.84. The predicted octanol–water partition coefficient (Wildman–Crippen LogP) is 0.958. The number of hydrogen-bond donors (Lipinski definition) is 2. The van der Waals surface area contributed by atoms with Crippen LogP contribution in [0, 0.1) is 10.1 Å². The summed E-state index contributed by atoms with van der Waals surface area (Å²) in [4.78, 5) is 20.8. The second-order valence-electron chi connectivity index (χ2n) is 4.04. The predicted molar refractivity (Wildman–Crippen MR) is 69.8 cm³/mol. The van der Waals surface area contributed by atoms with Crippen LogP contribution in [-0.4, -0.2) is 24.5 Å². The molecule has 0 spiro atoms. The zero-order valence-corrected chi connectivity index (χ0v) is 10.7. The van der Waals surface area contributed by atoms with Crippen LogP contribution in [-0.2, 0) is 11.3 Å². The molecule has 0 aromatic heterocycles. The maximum absolute atomic E-state index is 10.8. The number of nitro benzene ring substituents is 1. The van der Waals surface area contributed by atoms with Crippen LogP contribution in [0.3, 0.4) is 0 Å². The molecule has 7 heteroatoms. The van der Waals surface area contributed by atoms with Crippen LogP contribution in [0.1, 0.15) is 18.4 Å². The fraction of sp³-hybridized carbons (Fsp3) is 0.417. The standard InChI is InChI=1S/C12H17N3O4/c1-19-11-6-9(5-10(7-11)15(17)18)8-14-4-2-3-12(13)16/h5-7,14H,2-4,8H2,1H3,(H2,13,16). The Balaban J connectivity index is 2.55. The smallest absolute Gasteiger partial charge is 0.273 e. The maximum atomic E-state index is 10.8. The lowest BCUT2D eigenvalue weighted by Gasteiger charge is -2.06. The molecule has 1 aromatic rings. The van der Waals surface area contributed by atoms with E-state index in [1.165, 1.54) is 19.2 Å². The molecule has 0 fully saturated rings. The SMILES string of the molecule is COc1cc(CNCCCC(N)=O)cc([N+](=O)[O-])c1. The highest BCUT2D eigenvalue weighted by molar-refractivity contribution is 5.73. The molecule has 1 aromatic carbocycles. The van der Waals surface area contributed by atoms with Gasteiger partial charge in [-0.3, -0.25) is 14.9 Å². The molecule has 1 amide bonds. The third-order valence-electron chi connectivity index (χ3n) is 2.50. The number of amides is 1. The van der Waals surface area contributed by atoms with Crippen LogP contribution < -0.4 is 15.8 Å². The molecule has 3 N–H and O–H groups in total. The summed E-state index contributed by atoms with van der Waals surface area (Å²) in [7, 11) is 1.46. The molecule has 0 heterocycles. The summed E-state index contributed by atoms with van der Waals surface area (Å²) in [5, 5.41) is 13.8. The Hall–Kier alpha value is -2.15. The van der Waals surface area contributed by atoms with Crippen molar-refractivity contribution in [1.82, 2.24) is 5.32 Å². The summed E-state index contributed by atoms with van der Waals surface area (Å²) in [6.45, 7) is 1.09. The van der Waals surface area contributed by atoms with Crippen molar-refractivity contribution in [3.8, 4) is 5.75 Å². The molecule has 0 saturated carbocycles. The molecular weight excluding hydrogens is 250 g/mol. The van der Waals surface area contributed by atoms with Gasteiger partial charge in [0.15, 0.2) is 0 Å². The molecular formula is C12H17N3O4. The van der Waals surface area contributed by atoms with Gasteiger partial charge in [0.25, 0.3) is 5.69 Å². The van der Waals surface area contributed by atoms with E-state index in [2.05, 4.69) is 5.32 Å². The number of benzene rings is 1.